The van der Waals surface area contributed by atoms with Gasteiger partial charge in [-0.2, -0.15) is 0 Å². The molecule has 0 atom stereocenters. The minimum absolute atomic E-state index is 0.122. The van der Waals surface area contributed by atoms with Gasteiger partial charge in [0.05, 0.1) is 11.4 Å². The number of thiophene rings is 1. The van der Waals surface area contributed by atoms with Gasteiger partial charge in [-0.25, -0.2) is 0 Å². The van der Waals surface area contributed by atoms with Crippen molar-refractivity contribution >= 4 is 23.2 Å². The van der Waals surface area contributed by atoms with Crippen molar-refractivity contribution in [1.82, 2.24) is 14.7 Å². The molecule has 120 valence electrons. The molecule has 0 spiro atoms. The minimum Gasteiger partial charge on any atom is -0.342 e. The van der Waals surface area contributed by atoms with E-state index in [4.69, 9.17) is 0 Å². The number of carbonyl (C=O) groups excluding carboxylic acids is 2. The normalized spacial score (nSPS) is 20.2. The maximum Gasteiger partial charge on any atom is 0.264 e. The Morgan fingerprint density at radius 3 is 2.32 bits per heavy atom. The van der Waals surface area contributed by atoms with Crippen molar-refractivity contribution in [3.63, 3.8) is 0 Å². The fourth-order valence-electron chi connectivity index (χ4n) is 3.10. The van der Waals surface area contributed by atoms with Gasteiger partial charge in [0.15, 0.2) is 0 Å². The molecule has 0 radical (unpaired) electrons. The topological polar surface area (TPSA) is 43.9 Å². The van der Waals surface area contributed by atoms with Crippen molar-refractivity contribution in [3.05, 3.63) is 22.4 Å². The third-order valence-electron chi connectivity index (χ3n) is 4.46. The van der Waals surface area contributed by atoms with Crippen molar-refractivity contribution in [3.8, 4) is 0 Å². The molecule has 2 fully saturated rings. The number of piperazine rings is 1. The average molecular weight is 321 g/mol. The first-order valence-electron chi connectivity index (χ1n) is 8.07. The molecule has 2 aliphatic rings. The Morgan fingerprint density at radius 2 is 1.68 bits per heavy atom. The van der Waals surface area contributed by atoms with Crippen molar-refractivity contribution in [2.75, 3.05) is 45.8 Å². The van der Waals surface area contributed by atoms with Crippen LogP contribution in [0.25, 0.3) is 0 Å². The summed E-state index contributed by atoms with van der Waals surface area (Å²) in [4.78, 5) is 31.4. The first kappa shape index (κ1) is 15.5. The molecule has 5 nitrogen and oxygen atoms in total. The molecule has 1 aromatic heterocycles. The Hall–Kier alpha value is -1.40. The molecule has 6 heteroatoms. The Balaban J connectivity index is 1.45. The molecule has 2 aliphatic heterocycles. The zero-order valence-electron chi connectivity index (χ0n) is 12.9. The number of likely N-dealkylation sites (tertiary alicyclic amines) is 1. The van der Waals surface area contributed by atoms with Crippen molar-refractivity contribution < 1.29 is 9.59 Å². The van der Waals surface area contributed by atoms with Gasteiger partial charge in [0.1, 0.15) is 0 Å². The molecule has 0 N–H and O–H groups in total. The van der Waals surface area contributed by atoms with Crippen LogP contribution in [0.2, 0.25) is 0 Å². The zero-order chi connectivity index (χ0) is 15.4. The maximum absolute atomic E-state index is 12.3. The number of nitrogens with zero attached hydrogens (tertiary/aromatic N) is 3. The molecule has 22 heavy (non-hydrogen) atoms. The molecule has 2 amide bonds. The monoisotopic (exact) mass is 321 g/mol. The van der Waals surface area contributed by atoms with E-state index in [0.29, 0.717) is 19.6 Å². The molecule has 3 heterocycles. The van der Waals surface area contributed by atoms with E-state index in [2.05, 4.69) is 4.90 Å². The van der Waals surface area contributed by atoms with Crippen LogP contribution in [0.15, 0.2) is 17.5 Å². The van der Waals surface area contributed by atoms with E-state index in [1.54, 1.807) is 0 Å². The number of carbonyl (C=O) groups is 2. The fraction of sp³-hybridized carbons (Fsp3) is 0.625. The minimum atomic E-state index is 0.122. The van der Waals surface area contributed by atoms with E-state index < -0.39 is 0 Å². The highest BCUT2D eigenvalue weighted by molar-refractivity contribution is 7.12. The van der Waals surface area contributed by atoms with Gasteiger partial charge in [0.2, 0.25) is 5.91 Å². The summed E-state index contributed by atoms with van der Waals surface area (Å²) in [6.07, 6.45) is 3.51. The lowest BCUT2D eigenvalue weighted by molar-refractivity contribution is -0.133. The summed E-state index contributed by atoms with van der Waals surface area (Å²) in [5, 5.41) is 1.93. The second kappa shape index (κ2) is 7.24. The Morgan fingerprint density at radius 1 is 0.955 bits per heavy atom. The van der Waals surface area contributed by atoms with Crippen LogP contribution in [-0.2, 0) is 4.79 Å². The quantitative estimate of drug-likeness (QED) is 0.848. The molecule has 0 aliphatic carbocycles. The number of hydrogen-bond acceptors (Lipinski definition) is 4. The number of rotatable bonds is 3. The van der Waals surface area contributed by atoms with E-state index in [-0.39, 0.29) is 11.8 Å². The fourth-order valence-corrected chi connectivity index (χ4v) is 3.79. The lowest BCUT2D eigenvalue weighted by Crippen LogP contribution is -2.51. The molecule has 0 aromatic carbocycles. The third kappa shape index (κ3) is 3.67. The third-order valence-corrected chi connectivity index (χ3v) is 5.32. The Bertz CT molecular complexity index is 503. The summed E-state index contributed by atoms with van der Waals surface area (Å²) >= 11 is 1.49. The first-order valence-corrected chi connectivity index (χ1v) is 8.95. The highest BCUT2D eigenvalue weighted by atomic mass is 32.1. The second-order valence-electron chi connectivity index (χ2n) is 5.99. The molecule has 0 saturated carbocycles. The molecular weight excluding hydrogens is 298 g/mol. The van der Waals surface area contributed by atoms with Gasteiger partial charge in [0, 0.05) is 39.3 Å². The summed E-state index contributed by atoms with van der Waals surface area (Å²) in [6, 6.07) is 3.78. The Labute approximate surface area is 135 Å². The summed E-state index contributed by atoms with van der Waals surface area (Å²) in [7, 11) is 0. The summed E-state index contributed by atoms with van der Waals surface area (Å²) < 4.78 is 0. The first-order chi connectivity index (χ1) is 10.7. The van der Waals surface area contributed by atoms with E-state index in [9.17, 15) is 9.59 Å². The number of hydrogen-bond donors (Lipinski definition) is 0. The van der Waals surface area contributed by atoms with Crippen LogP contribution in [-0.4, -0.2) is 72.3 Å². The lowest BCUT2D eigenvalue weighted by Gasteiger charge is -2.35. The van der Waals surface area contributed by atoms with Crippen LogP contribution in [0.1, 0.15) is 28.9 Å². The lowest BCUT2D eigenvalue weighted by atomic mass is 10.1. The van der Waals surface area contributed by atoms with Crippen molar-refractivity contribution in [2.45, 2.75) is 19.3 Å². The van der Waals surface area contributed by atoms with Crippen LogP contribution in [0.3, 0.4) is 0 Å². The smallest absolute Gasteiger partial charge is 0.264 e. The molecule has 1 aromatic rings. The summed E-state index contributed by atoms with van der Waals surface area (Å²) in [6.45, 7) is 5.33. The van der Waals surface area contributed by atoms with Crippen LogP contribution in [0.4, 0.5) is 0 Å². The van der Waals surface area contributed by atoms with Gasteiger partial charge in [-0.05, 0) is 30.7 Å². The zero-order valence-corrected chi connectivity index (χ0v) is 13.7. The van der Waals surface area contributed by atoms with Gasteiger partial charge in [0.25, 0.3) is 5.91 Å². The number of amides is 2. The maximum atomic E-state index is 12.3. The van der Waals surface area contributed by atoms with Crippen LogP contribution in [0, 0.1) is 0 Å². The standard InChI is InChI=1S/C16H23N3O2S/c20-15(18-6-2-1-3-7-18)13-17-8-10-19(11-9-17)16(21)14-5-4-12-22-14/h4-5,12H,1-3,6-11,13H2. The van der Waals surface area contributed by atoms with Crippen molar-refractivity contribution in [1.29, 1.82) is 0 Å². The van der Waals surface area contributed by atoms with Gasteiger partial charge >= 0.3 is 0 Å². The van der Waals surface area contributed by atoms with Gasteiger partial charge in [-0.3, -0.25) is 14.5 Å². The Kier molecular flexibility index (Phi) is 5.10. The molecule has 0 unspecified atom stereocenters. The van der Waals surface area contributed by atoms with Gasteiger partial charge < -0.3 is 9.80 Å². The molecule has 0 bridgehead atoms. The molecular formula is C16H23N3O2S. The van der Waals surface area contributed by atoms with E-state index in [0.717, 1.165) is 43.9 Å². The number of piperidine rings is 1. The summed E-state index contributed by atoms with van der Waals surface area (Å²) in [5.41, 5.74) is 0. The second-order valence-corrected chi connectivity index (χ2v) is 6.93. The SMILES string of the molecule is O=C(CN1CCN(C(=O)c2cccs2)CC1)N1CCCCC1. The highest BCUT2D eigenvalue weighted by Crippen LogP contribution is 2.14. The van der Waals surface area contributed by atoms with Gasteiger partial charge in [-0.1, -0.05) is 6.07 Å². The largest absolute Gasteiger partial charge is 0.342 e. The average Bonchev–Trinajstić information content (AvgIpc) is 3.10. The van der Waals surface area contributed by atoms with Crippen LogP contribution in [0.5, 0.6) is 0 Å². The predicted molar refractivity (Wildman–Crippen MR) is 87.1 cm³/mol. The van der Waals surface area contributed by atoms with Crippen molar-refractivity contribution in [2.24, 2.45) is 0 Å². The van der Waals surface area contributed by atoms with Gasteiger partial charge in [-0.15, -0.1) is 11.3 Å². The van der Waals surface area contributed by atoms with E-state index >= 15 is 0 Å². The van der Waals surface area contributed by atoms with Crippen LogP contribution < -0.4 is 0 Å². The molecule has 3 rings (SSSR count). The van der Waals surface area contributed by atoms with E-state index in [1.807, 2.05) is 27.3 Å². The summed E-state index contributed by atoms with van der Waals surface area (Å²) in [5.74, 6) is 0.370. The van der Waals surface area contributed by atoms with E-state index in [1.165, 1.54) is 17.8 Å². The predicted octanol–water partition coefficient (Wildman–Crippen LogP) is 1.52. The van der Waals surface area contributed by atoms with Crippen LogP contribution >= 0.6 is 11.3 Å². The highest BCUT2D eigenvalue weighted by Gasteiger charge is 2.25. The molecule has 2 saturated heterocycles.